The van der Waals surface area contributed by atoms with Crippen LogP contribution in [0.3, 0.4) is 0 Å². The third-order valence-electron chi connectivity index (χ3n) is 2.85. The minimum absolute atomic E-state index is 0.0890. The molecule has 1 aliphatic rings. The summed E-state index contributed by atoms with van der Waals surface area (Å²) in [6.45, 7) is 5.80. The molecular weight excluding hydrogens is 304 g/mol. The number of hydrogen-bond acceptors (Lipinski definition) is 3. The van der Waals surface area contributed by atoms with Gasteiger partial charge in [0.1, 0.15) is 5.82 Å². The molecule has 1 fully saturated rings. The average Bonchev–Trinajstić information content (AvgIpc) is 2.32. The van der Waals surface area contributed by atoms with Gasteiger partial charge >= 0.3 is 0 Å². The van der Waals surface area contributed by atoms with Crippen molar-refractivity contribution in [3.8, 4) is 0 Å². The lowest BCUT2D eigenvalue weighted by molar-refractivity contribution is -0.00357. The zero-order valence-electron chi connectivity index (χ0n) is 9.99. The van der Waals surface area contributed by atoms with Gasteiger partial charge in [0.05, 0.1) is 18.1 Å². The van der Waals surface area contributed by atoms with Gasteiger partial charge in [0, 0.05) is 23.8 Å². The van der Waals surface area contributed by atoms with Crippen LogP contribution in [0.5, 0.6) is 0 Å². The number of anilines is 1. The first-order valence-corrected chi connectivity index (χ1v) is 7.01. The molecule has 0 aromatic carbocycles. The van der Waals surface area contributed by atoms with Gasteiger partial charge in [-0.15, -0.1) is 11.6 Å². The molecule has 0 radical (unpaired) electrons. The molecule has 0 bridgehead atoms. The van der Waals surface area contributed by atoms with E-state index in [4.69, 9.17) is 16.3 Å². The van der Waals surface area contributed by atoms with E-state index in [-0.39, 0.29) is 12.2 Å². The van der Waals surface area contributed by atoms with E-state index >= 15 is 0 Å². The Morgan fingerprint density at radius 1 is 1.59 bits per heavy atom. The summed E-state index contributed by atoms with van der Waals surface area (Å²) in [5.74, 6) is 1.52. The maximum atomic E-state index is 5.88. The second kappa shape index (κ2) is 5.55. The van der Waals surface area contributed by atoms with Crippen LogP contribution in [0.25, 0.3) is 0 Å². The van der Waals surface area contributed by atoms with E-state index in [2.05, 4.69) is 45.7 Å². The van der Waals surface area contributed by atoms with Gasteiger partial charge in [-0.3, -0.25) is 0 Å². The number of ether oxygens (including phenoxy) is 1. The molecule has 0 spiro atoms. The average molecular weight is 320 g/mol. The molecule has 0 saturated carbocycles. The molecule has 0 aliphatic carbocycles. The van der Waals surface area contributed by atoms with Crippen molar-refractivity contribution in [3.63, 3.8) is 0 Å². The van der Waals surface area contributed by atoms with E-state index in [0.29, 0.717) is 5.88 Å². The molecule has 1 aromatic heterocycles. The first-order valence-electron chi connectivity index (χ1n) is 5.68. The molecule has 3 nitrogen and oxygen atoms in total. The lowest BCUT2D eigenvalue weighted by Gasteiger charge is -2.36. The second-order valence-corrected chi connectivity index (χ2v) is 5.58. The second-order valence-electron chi connectivity index (χ2n) is 4.42. The smallest absolute Gasteiger partial charge is 0.128 e. The maximum absolute atomic E-state index is 5.88. The molecule has 94 valence electrons. The number of aryl methyl sites for hydroxylation is 1. The third kappa shape index (κ3) is 3.12. The number of rotatable bonds is 2. The van der Waals surface area contributed by atoms with Crippen LogP contribution in [0.1, 0.15) is 12.5 Å². The molecule has 1 aliphatic heterocycles. The van der Waals surface area contributed by atoms with Gasteiger partial charge in [-0.2, -0.15) is 0 Å². The molecular formula is C12H16BrClN2O. The van der Waals surface area contributed by atoms with Crippen molar-refractivity contribution in [2.75, 3.05) is 23.9 Å². The Labute approximate surface area is 115 Å². The van der Waals surface area contributed by atoms with Crippen LogP contribution in [-0.4, -0.2) is 36.2 Å². The van der Waals surface area contributed by atoms with Crippen molar-refractivity contribution < 1.29 is 4.74 Å². The molecule has 0 N–H and O–H groups in total. The first kappa shape index (κ1) is 13.1. The Hall–Kier alpha value is -0.320. The minimum atomic E-state index is 0.0890. The molecule has 1 saturated heterocycles. The third-order valence-corrected chi connectivity index (χ3v) is 4.03. The lowest BCUT2D eigenvalue weighted by atomic mass is 10.2. The summed E-state index contributed by atoms with van der Waals surface area (Å²) in [5, 5.41) is 0. The fraction of sp³-hybridized carbons (Fsp3) is 0.583. The van der Waals surface area contributed by atoms with E-state index in [1.165, 1.54) is 5.56 Å². The number of nitrogens with zero attached hydrogens (tertiary/aromatic N) is 2. The summed E-state index contributed by atoms with van der Waals surface area (Å²) >= 11 is 9.34. The topological polar surface area (TPSA) is 25.4 Å². The summed E-state index contributed by atoms with van der Waals surface area (Å²) in [7, 11) is 0. The molecule has 2 unspecified atom stereocenters. The summed E-state index contributed by atoms with van der Waals surface area (Å²) in [6, 6.07) is 2.09. The highest BCUT2D eigenvalue weighted by atomic mass is 79.9. The van der Waals surface area contributed by atoms with Gasteiger partial charge in [-0.05, 0) is 41.4 Å². The monoisotopic (exact) mass is 318 g/mol. The Morgan fingerprint density at radius 3 is 3.00 bits per heavy atom. The predicted octanol–water partition coefficient (Wildman–Crippen LogP) is 2.99. The summed E-state index contributed by atoms with van der Waals surface area (Å²) < 4.78 is 6.77. The number of morpholine rings is 1. The van der Waals surface area contributed by atoms with Crippen molar-refractivity contribution in [3.05, 3.63) is 22.3 Å². The summed E-state index contributed by atoms with van der Waals surface area (Å²) in [5.41, 5.74) is 1.19. The summed E-state index contributed by atoms with van der Waals surface area (Å²) in [4.78, 5) is 6.68. The number of hydrogen-bond donors (Lipinski definition) is 0. The van der Waals surface area contributed by atoms with Crippen molar-refractivity contribution in [1.82, 2.24) is 4.98 Å². The Morgan fingerprint density at radius 2 is 2.35 bits per heavy atom. The highest BCUT2D eigenvalue weighted by Gasteiger charge is 2.25. The Kier molecular flexibility index (Phi) is 4.28. The Balaban J connectivity index is 2.17. The van der Waals surface area contributed by atoms with Gasteiger partial charge in [0.2, 0.25) is 0 Å². The van der Waals surface area contributed by atoms with E-state index in [9.17, 15) is 0 Å². The Bertz CT molecular complexity index is 402. The molecule has 2 rings (SSSR count). The van der Waals surface area contributed by atoms with Crippen LogP contribution in [0, 0.1) is 6.92 Å². The standard InChI is InChI=1S/C12H16BrClN2O/c1-8-3-12(15-5-11(8)13)16-6-9(2)17-10(4-14)7-16/h3,5,9-10H,4,6-7H2,1-2H3. The van der Waals surface area contributed by atoms with Gasteiger partial charge in [-0.1, -0.05) is 0 Å². The number of pyridine rings is 1. The van der Waals surface area contributed by atoms with Crippen LogP contribution in [0.15, 0.2) is 16.7 Å². The van der Waals surface area contributed by atoms with Crippen LogP contribution in [-0.2, 0) is 4.74 Å². The molecule has 1 aromatic rings. The quantitative estimate of drug-likeness (QED) is 0.784. The van der Waals surface area contributed by atoms with Gasteiger partial charge in [0.15, 0.2) is 0 Å². The fourth-order valence-electron chi connectivity index (χ4n) is 2.01. The first-order chi connectivity index (χ1) is 8.10. The van der Waals surface area contributed by atoms with Crippen molar-refractivity contribution in [1.29, 1.82) is 0 Å². The van der Waals surface area contributed by atoms with E-state index in [1.54, 1.807) is 0 Å². The van der Waals surface area contributed by atoms with Gasteiger partial charge in [-0.25, -0.2) is 4.98 Å². The number of aromatic nitrogens is 1. The van der Waals surface area contributed by atoms with E-state index < -0.39 is 0 Å². The highest BCUT2D eigenvalue weighted by molar-refractivity contribution is 9.10. The molecule has 5 heteroatoms. The lowest BCUT2D eigenvalue weighted by Crippen LogP contribution is -2.47. The molecule has 0 amide bonds. The SMILES string of the molecule is Cc1cc(N2CC(C)OC(CCl)C2)ncc1Br. The molecule has 2 heterocycles. The van der Waals surface area contributed by atoms with Gasteiger partial charge in [0.25, 0.3) is 0 Å². The van der Waals surface area contributed by atoms with Gasteiger partial charge < -0.3 is 9.64 Å². The highest BCUT2D eigenvalue weighted by Crippen LogP contribution is 2.23. The van der Waals surface area contributed by atoms with Crippen molar-refractivity contribution in [2.45, 2.75) is 26.1 Å². The van der Waals surface area contributed by atoms with Crippen molar-refractivity contribution in [2.24, 2.45) is 0 Å². The zero-order chi connectivity index (χ0) is 12.4. The van der Waals surface area contributed by atoms with Crippen molar-refractivity contribution >= 4 is 33.3 Å². The van der Waals surface area contributed by atoms with E-state index in [0.717, 1.165) is 23.4 Å². The van der Waals surface area contributed by atoms with Crippen LogP contribution in [0.2, 0.25) is 0 Å². The zero-order valence-corrected chi connectivity index (χ0v) is 12.3. The maximum Gasteiger partial charge on any atom is 0.128 e. The summed E-state index contributed by atoms with van der Waals surface area (Å²) in [6.07, 6.45) is 2.13. The number of halogens is 2. The normalized spacial score (nSPS) is 25.1. The van der Waals surface area contributed by atoms with E-state index in [1.807, 2.05) is 6.20 Å². The largest absolute Gasteiger partial charge is 0.370 e. The number of alkyl halides is 1. The minimum Gasteiger partial charge on any atom is -0.370 e. The molecule has 17 heavy (non-hydrogen) atoms. The van der Waals surface area contributed by atoms with Crippen LogP contribution in [0.4, 0.5) is 5.82 Å². The predicted molar refractivity (Wildman–Crippen MR) is 73.9 cm³/mol. The van der Waals surface area contributed by atoms with Crippen LogP contribution >= 0.6 is 27.5 Å². The fourth-order valence-corrected chi connectivity index (χ4v) is 2.40. The molecule has 2 atom stereocenters. The van der Waals surface area contributed by atoms with Crippen LogP contribution < -0.4 is 4.90 Å².